The van der Waals surface area contributed by atoms with E-state index in [0.29, 0.717) is 0 Å². The van der Waals surface area contributed by atoms with Crippen molar-refractivity contribution in [3.63, 3.8) is 0 Å². The fourth-order valence-corrected chi connectivity index (χ4v) is 3.77. The minimum absolute atomic E-state index is 0.206. The van der Waals surface area contributed by atoms with Crippen LogP contribution in [0, 0.1) is 17.8 Å². The molecule has 0 aliphatic heterocycles. The lowest BCUT2D eigenvalue weighted by molar-refractivity contribution is 0.276. The van der Waals surface area contributed by atoms with Crippen molar-refractivity contribution in [2.75, 3.05) is 13.2 Å². The lowest BCUT2D eigenvalue weighted by Crippen LogP contribution is -2.26. The van der Waals surface area contributed by atoms with Crippen LogP contribution in [0.15, 0.2) is 6.20 Å². The SMILES string of the molecule is OCCCn1cc(CNCC2CC3CCC2C3)nn1. The normalized spacial score (nSPS) is 29.2. The Morgan fingerprint density at radius 1 is 1.37 bits per heavy atom. The Bertz CT molecular complexity index is 406. The molecule has 106 valence electrons. The second-order valence-corrected chi connectivity index (χ2v) is 6.12. The van der Waals surface area contributed by atoms with Gasteiger partial charge in [0.2, 0.25) is 0 Å². The van der Waals surface area contributed by atoms with Gasteiger partial charge in [-0.2, -0.15) is 0 Å². The number of aliphatic hydroxyl groups is 1. The van der Waals surface area contributed by atoms with Gasteiger partial charge in [0.1, 0.15) is 0 Å². The highest BCUT2D eigenvalue weighted by molar-refractivity contribution is 4.94. The van der Waals surface area contributed by atoms with E-state index in [1.165, 1.54) is 25.7 Å². The molecule has 0 amide bonds. The number of hydrogen-bond acceptors (Lipinski definition) is 4. The Labute approximate surface area is 114 Å². The first-order valence-electron chi connectivity index (χ1n) is 7.55. The van der Waals surface area contributed by atoms with Gasteiger partial charge >= 0.3 is 0 Å². The first kappa shape index (κ1) is 13.1. The maximum absolute atomic E-state index is 8.77. The van der Waals surface area contributed by atoms with Crippen LogP contribution in [-0.4, -0.2) is 33.3 Å². The highest BCUT2D eigenvalue weighted by Crippen LogP contribution is 2.47. The summed E-state index contributed by atoms with van der Waals surface area (Å²) in [5.74, 6) is 2.90. The van der Waals surface area contributed by atoms with E-state index in [0.717, 1.165) is 49.5 Å². The van der Waals surface area contributed by atoms with Gasteiger partial charge in [0.25, 0.3) is 0 Å². The van der Waals surface area contributed by atoms with Crippen LogP contribution in [-0.2, 0) is 13.1 Å². The van der Waals surface area contributed by atoms with Crippen LogP contribution < -0.4 is 5.32 Å². The zero-order valence-corrected chi connectivity index (χ0v) is 11.5. The van der Waals surface area contributed by atoms with Crippen LogP contribution >= 0.6 is 0 Å². The van der Waals surface area contributed by atoms with E-state index in [9.17, 15) is 0 Å². The average Bonchev–Trinajstić information content (AvgIpc) is 3.12. The molecule has 5 nitrogen and oxygen atoms in total. The van der Waals surface area contributed by atoms with E-state index in [2.05, 4.69) is 15.6 Å². The van der Waals surface area contributed by atoms with E-state index in [1.54, 1.807) is 0 Å². The molecule has 2 aliphatic carbocycles. The molecule has 3 atom stereocenters. The molecule has 2 N–H and O–H groups in total. The Balaban J connectivity index is 1.39. The Morgan fingerprint density at radius 3 is 3.05 bits per heavy atom. The van der Waals surface area contributed by atoms with Crippen LogP contribution in [0.4, 0.5) is 0 Å². The summed E-state index contributed by atoms with van der Waals surface area (Å²) < 4.78 is 1.81. The third-order valence-electron chi connectivity index (χ3n) is 4.73. The predicted octanol–water partition coefficient (Wildman–Crippen LogP) is 1.19. The second-order valence-electron chi connectivity index (χ2n) is 6.12. The molecular weight excluding hydrogens is 240 g/mol. The quantitative estimate of drug-likeness (QED) is 0.776. The maximum atomic E-state index is 8.77. The number of aryl methyl sites for hydroxylation is 1. The maximum Gasteiger partial charge on any atom is 0.0964 e. The molecule has 19 heavy (non-hydrogen) atoms. The van der Waals surface area contributed by atoms with Crippen molar-refractivity contribution in [1.29, 1.82) is 0 Å². The molecule has 2 saturated carbocycles. The average molecular weight is 264 g/mol. The molecule has 0 radical (unpaired) electrons. The number of hydrogen-bond donors (Lipinski definition) is 2. The summed E-state index contributed by atoms with van der Waals surface area (Å²) in [4.78, 5) is 0. The van der Waals surface area contributed by atoms with Crippen molar-refractivity contribution < 1.29 is 5.11 Å². The summed E-state index contributed by atoms with van der Waals surface area (Å²) in [6.45, 7) is 2.89. The molecule has 1 aromatic heterocycles. The third kappa shape index (κ3) is 3.15. The van der Waals surface area contributed by atoms with Gasteiger partial charge in [-0.1, -0.05) is 11.6 Å². The topological polar surface area (TPSA) is 63.0 Å². The summed E-state index contributed by atoms with van der Waals surface area (Å²) in [6, 6.07) is 0. The number of rotatable bonds is 7. The molecule has 3 unspecified atom stereocenters. The van der Waals surface area contributed by atoms with Crippen molar-refractivity contribution >= 4 is 0 Å². The summed E-state index contributed by atoms with van der Waals surface area (Å²) in [7, 11) is 0. The van der Waals surface area contributed by atoms with Gasteiger partial charge in [-0.15, -0.1) is 5.10 Å². The van der Waals surface area contributed by atoms with Gasteiger partial charge in [0.05, 0.1) is 5.69 Å². The molecule has 2 bridgehead atoms. The third-order valence-corrected chi connectivity index (χ3v) is 4.73. The van der Waals surface area contributed by atoms with Crippen LogP contribution in [0.3, 0.4) is 0 Å². The van der Waals surface area contributed by atoms with E-state index in [4.69, 9.17) is 5.11 Å². The lowest BCUT2D eigenvalue weighted by atomic mass is 9.89. The lowest BCUT2D eigenvalue weighted by Gasteiger charge is -2.21. The summed E-state index contributed by atoms with van der Waals surface area (Å²) in [5, 5.41) is 20.5. The van der Waals surface area contributed by atoms with Gasteiger partial charge in [-0.25, -0.2) is 0 Å². The number of aromatic nitrogens is 3. The first-order valence-corrected chi connectivity index (χ1v) is 7.55. The summed E-state index contributed by atoms with van der Waals surface area (Å²) in [5.41, 5.74) is 1.00. The van der Waals surface area contributed by atoms with Crippen molar-refractivity contribution in [3.8, 4) is 0 Å². The highest BCUT2D eigenvalue weighted by Gasteiger charge is 2.38. The number of nitrogens with one attached hydrogen (secondary N) is 1. The van der Waals surface area contributed by atoms with Gasteiger partial charge in [-0.3, -0.25) is 4.68 Å². The molecule has 2 aliphatic rings. The molecule has 0 saturated heterocycles. The standard InChI is InChI=1S/C14H24N4O/c19-5-1-4-18-10-14(16-17-18)9-15-8-13-7-11-2-3-12(13)6-11/h10-13,15,19H,1-9H2. The molecular formula is C14H24N4O. The highest BCUT2D eigenvalue weighted by atomic mass is 16.3. The molecule has 0 aromatic carbocycles. The van der Waals surface area contributed by atoms with E-state index >= 15 is 0 Å². The fraction of sp³-hybridized carbons (Fsp3) is 0.857. The number of aliphatic hydroxyl groups excluding tert-OH is 1. The van der Waals surface area contributed by atoms with Crippen LogP contribution in [0.25, 0.3) is 0 Å². The van der Waals surface area contributed by atoms with E-state index in [-0.39, 0.29) is 6.61 Å². The van der Waals surface area contributed by atoms with Crippen molar-refractivity contribution in [2.24, 2.45) is 17.8 Å². The Kier molecular flexibility index (Phi) is 4.13. The number of fused-ring (bicyclic) bond motifs is 2. The summed E-state index contributed by atoms with van der Waals surface area (Å²) in [6.07, 6.45) is 8.55. The minimum atomic E-state index is 0.206. The van der Waals surface area contributed by atoms with Crippen LogP contribution in [0.5, 0.6) is 0 Å². The van der Waals surface area contributed by atoms with E-state index in [1.807, 2.05) is 10.9 Å². The molecule has 0 spiro atoms. The smallest absolute Gasteiger partial charge is 0.0964 e. The van der Waals surface area contributed by atoms with Crippen molar-refractivity contribution in [3.05, 3.63) is 11.9 Å². The molecule has 2 fully saturated rings. The molecule has 1 heterocycles. The molecule has 5 heteroatoms. The fourth-order valence-electron chi connectivity index (χ4n) is 3.77. The second kappa shape index (κ2) is 6.01. The summed E-state index contributed by atoms with van der Waals surface area (Å²) >= 11 is 0. The Hall–Kier alpha value is -0.940. The first-order chi connectivity index (χ1) is 9.35. The van der Waals surface area contributed by atoms with Gasteiger partial charge in [0, 0.05) is 25.9 Å². The minimum Gasteiger partial charge on any atom is -0.396 e. The van der Waals surface area contributed by atoms with Crippen LogP contribution in [0.1, 0.15) is 37.8 Å². The monoisotopic (exact) mass is 264 g/mol. The van der Waals surface area contributed by atoms with Crippen molar-refractivity contribution in [2.45, 2.75) is 45.2 Å². The predicted molar refractivity (Wildman–Crippen MR) is 72.4 cm³/mol. The van der Waals surface area contributed by atoms with Gasteiger partial charge in [-0.05, 0) is 50.0 Å². The largest absolute Gasteiger partial charge is 0.396 e. The van der Waals surface area contributed by atoms with Gasteiger partial charge in [0.15, 0.2) is 0 Å². The molecule has 3 rings (SSSR count). The van der Waals surface area contributed by atoms with Crippen LogP contribution in [0.2, 0.25) is 0 Å². The zero-order valence-electron chi connectivity index (χ0n) is 11.5. The molecule has 1 aromatic rings. The van der Waals surface area contributed by atoms with E-state index < -0.39 is 0 Å². The zero-order chi connectivity index (χ0) is 13.1. The number of nitrogens with zero attached hydrogens (tertiary/aromatic N) is 3. The van der Waals surface area contributed by atoms with Crippen molar-refractivity contribution in [1.82, 2.24) is 20.3 Å². The van der Waals surface area contributed by atoms with Gasteiger partial charge < -0.3 is 10.4 Å². The Morgan fingerprint density at radius 2 is 2.32 bits per heavy atom.